The summed E-state index contributed by atoms with van der Waals surface area (Å²) in [5.41, 5.74) is 0. The van der Waals surface area contributed by atoms with E-state index in [1.54, 1.807) is 0 Å². The molecule has 0 aromatic heterocycles. The van der Waals surface area contributed by atoms with E-state index in [0.717, 1.165) is 12.0 Å². The van der Waals surface area contributed by atoms with Crippen LogP contribution in [0, 0.1) is 5.92 Å². The van der Waals surface area contributed by atoms with Crippen LogP contribution in [0.5, 0.6) is 0 Å². The monoisotopic (exact) mass is 127 g/mol. The van der Waals surface area contributed by atoms with Gasteiger partial charge in [-0.2, -0.15) is 0 Å². The molecule has 2 atom stereocenters. The molecule has 1 nitrogen and oxygen atoms in total. The summed E-state index contributed by atoms with van der Waals surface area (Å²) in [6.07, 6.45) is 2.97. The van der Waals surface area contributed by atoms with Gasteiger partial charge in [0.1, 0.15) is 0 Å². The van der Waals surface area contributed by atoms with Crippen molar-refractivity contribution in [2.45, 2.75) is 32.7 Å². The molecule has 2 unspecified atom stereocenters. The molecule has 54 valence electrons. The van der Waals surface area contributed by atoms with E-state index in [2.05, 4.69) is 11.9 Å². The molecule has 1 aliphatic heterocycles. The topological polar surface area (TPSA) is 3.24 Å². The van der Waals surface area contributed by atoms with Crippen LogP contribution in [0.4, 0.5) is 0 Å². The fraction of sp³-hybridized carbons (Fsp3) is 1.00. The molecule has 0 spiro atoms. The van der Waals surface area contributed by atoms with Gasteiger partial charge >= 0.3 is 0 Å². The number of piperidine rings is 1. The van der Waals surface area contributed by atoms with Gasteiger partial charge in [-0.15, -0.1) is 0 Å². The first-order chi connectivity index (χ1) is 4.38. The lowest BCUT2D eigenvalue weighted by molar-refractivity contribution is 0.369. The number of hydrogen-bond acceptors (Lipinski definition) is 1. The minimum absolute atomic E-state index is 1.01. The van der Waals surface area contributed by atoms with E-state index < -0.39 is 0 Å². The van der Waals surface area contributed by atoms with Crippen molar-refractivity contribution in [2.75, 3.05) is 13.6 Å². The summed E-state index contributed by atoms with van der Waals surface area (Å²) in [4.78, 5) is 2.48. The van der Waals surface area contributed by atoms with Gasteiger partial charge in [-0.1, -0.05) is 13.8 Å². The lowest BCUT2D eigenvalue weighted by Gasteiger charge is -2.06. The number of nitrogens with zero attached hydrogens (tertiary/aromatic N) is 1. The first kappa shape index (κ1) is 7.07. The Balaban J connectivity index is 0.000000186. The SMILES string of the molecule is CC.CN1CCC2CC21. The second-order valence-corrected chi connectivity index (χ2v) is 2.83. The fourth-order valence-electron chi connectivity index (χ4n) is 1.62. The zero-order chi connectivity index (χ0) is 6.85. The summed E-state index contributed by atoms with van der Waals surface area (Å²) >= 11 is 0. The summed E-state index contributed by atoms with van der Waals surface area (Å²) in [7, 11) is 2.23. The Labute approximate surface area is 58.0 Å². The molecule has 0 amide bonds. The van der Waals surface area contributed by atoms with Crippen molar-refractivity contribution in [1.82, 2.24) is 4.90 Å². The van der Waals surface area contributed by atoms with E-state index in [1.807, 2.05) is 13.8 Å². The highest BCUT2D eigenvalue weighted by atomic mass is 15.2. The molecular formula is C8H17N. The van der Waals surface area contributed by atoms with Crippen molar-refractivity contribution >= 4 is 0 Å². The molecule has 1 heteroatoms. The molecule has 1 heterocycles. The smallest absolute Gasteiger partial charge is 0.0125 e. The maximum absolute atomic E-state index is 2.48. The fourth-order valence-corrected chi connectivity index (χ4v) is 1.62. The van der Waals surface area contributed by atoms with Crippen molar-refractivity contribution in [1.29, 1.82) is 0 Å². The minimum atomic E-state index is 1.01. The van der Waals surface area contributed by atoms with E-state index in [1.165, 1.54) is 19.4 Å². The van der Waals surface area contributed by atoms with E-state index in [9.17, 15) is 0 Å². The van der Waals surface area contributed by atoms with Gasteiger partial charge in [0.2, 0.25) is 0 Å². The lowest BCUT2D eigenvalue weighted by atomic mass is 10.3. The average molecular weight is 127 g/mol. The highest BCUT2D eigenvalue weighted by Crippen LogP contribution is 2.42. The van der Waals surface area contributed by atoms with Gasteiger partial charge in [-0.05, 0) is 32.4 Å². The maximum atomic E-state index is 2.48. The summed E-state index contributed by atoms with van der Waals surface area (Å²) < 4.78 is 0. The second kappa shape index (κ2) is 2.70. The van der Waals surface area contributed by atoms with Gasteiger partial charge < -0.3 is 4.90 Å². The Morgan fingerprint density at radius 1 is 1.33 bits per heavy atom. The maximum Gasteiger partial charge on any atom is 0.0125 e. The Morgan fingerprint density at radius 2 is 2.00 bits per heavy atom. The zero-order valence-electron chi connectivity index (χ0n) is 6.72. The highest BCUT2D eigenvalue weighted by molar-refractivity contribution is 4.99. The van der Waals surface area contributed by atoms with Gasteiger partial charge in [-0.25, -0.2) is 0 Å². The molecule has 0 aromatic rings. The highest BCUT2D eigenvalue weighted by Gasteiger charge is 2.44. The molecule has 0 aromatic carbocycles. The minimum Gasteiger partial charge on any atom is -0.303 e. The third-order valence-electron chi connectivity index (χ3n) is 2.30. The molecule has 1 saturated carbocycles. The molecule has 2 aliphatic rings. The molecule has 1 saturated heterocycles. The first-order valence-corrected chi connectivity index (χ1v) is 4.08. The van der Waals surface area contributed by atoms with Crippen molar-refractivity contribution < 1.29 is 0 Å². The Kier molecular flexibility index (Phi) is 2.12. The molecule has 2 rings (SSSR count). The predicted octanol–water partition coefficient (Wildman–Crippen LogP) is 1.74. The third-order valence-corrected chi connectivity index (χ3v) is 2.30. The van der Waals surface area contributed by atoms with Crippen LogP contribution in [0.25, 0.3) is 0 Å². The molecular weight excluding hydrogens is 110 g/mol. The van der Waals surface area contributed by atoms with Crippen LogP contribution >= 0.6 is 0 Å². The predicted molar refractivity (Wildman–Crippen MR) is 40.5 cm³/mol. The molecule has 0 N–H and O–H groups in total. The van der Waals surface area contributed by atoms with Gasteiger partial charge in [0.25, 0.3) is 0 Å². The number of hydrogen-bond donors (Lipinski definition) is 0. The van der Waals surface area contributed by atoms with Crippen LogP contribution in [-0.4, -0.2) is 24.5 Å². The number of likely N-dealkylation sites (tertiary alicyclic amines) is 1. The first-order valence-electron chi connectivity index (χ1n) is 4.08. The number of fused-ring (bicyclic) bond motifs is 1. The van der Waals surface area contributed by atoms with Crippen molar-refractivity contribution in [3.63, 3.8) is 0 Å². The van der Waals surface area contributed by atoms with E-state index in [-0.39, 0.29) is 0 Å². The molecule has 0 radical (unpaired) electrons. The van der Waals surface area contributed by atoms with Crippen LogP contribution in [-0.2, 0) is 0 Å². The van der Waals surface area contributed by atoms with Crippen molar-refractivity contribution in [3.05, 3.63) is 0 Å². The quantitative estimate of drug-likeness (QED) is 0.479. The largest absolute Gasteiger partial charge is 0.303 e. The van der Waals surface area contributed by atoms with Crippen LogP contribution in [0.3, 0.4) is 0 Å². The Morgan fingerprint density at radius 3 is 2.11 bits per heavy atom. The van der Waals surface area contributed by atoms with Crippen LogP contribution in [0.1, 0.15) is 26.7 Å². The summed E-state index contributed by atoms with van der Waals surface area (Å²) in [5.74, 6) is 1.12. The standard InChI is InChI=1S/C6H11N.C2H6/c1-7-3-2-5-4-6(5)7;1-2/h5-6H,2-4H2,1H3;1-2H3. The van der Waals surface area contributed by atoms with Gasteiger partial charge in [0, 0.05) is 6.04 Å². The Hall–Kier alpha value is -0.0400. The van der Waals surface area contributed by atoms with Crippen LogP contribution < -0.4 is 0 Å². The summed E-state index contributed by atoms with van der Waals surface area (Å²) in [5, 5.41) is 0. The average Bonchev–Trinajstić information content (AvgIpc) is 2.61. The molecule has 1 aliphatic carbocycles. The summed E-state index contributed by atoms with van der Waals surface area (Å²) in [6.45, 7) is 5.36. The third kappa shape index (κ3) is 1.26. The second-order valence-electron chi connectivity index (χ2n) is 2.83. The zero-order valence-corrected chi connectivity index (χ0v) is 6.72. The van der Waals surface area contributed by atoms with Gasteiger partial charge in [0.05, 0.1) is 0 Å². The van der Waals surface area contributed by atoms with E-state index in [4.69, 9.17) is 0 Å². The van der Waals surface area contributed by atoms with Crippen LogP contribution in [0.2, 0.25) is 0 Å². The van der Waals surface area contributed by atoms with Gasteiger partial charge in [-0.3, -0.25) is 0 Å². The summed E-state index contributed by atoms with van der Waals surface area (Å²) in [6, 6.07) is 1.01. The van der Waals surface area contributed by atoms with E-state index >= 15 is 0 Å². The Bertz CT molecular complexity index is 90.6. The molecule has 0 bridgehead atoms. The molecule has 9 heavy (non-hydrogen) atoms. The van der Waals surface area contributed by atoms with E-state index in [0.29, 0.717) is 0 Å². The number of rotatable bonds is 0. The molecule has 2 fully saturated rings. The van der Waals surface area contributed by atoms with Crippen molar-refractivity contribution in [2.24, 2.45) is 5.92 Å². The van der Waals surface area contributed by atoms with Crippen LogP contribution in [0.15, 0.2) is 0 Å². The normalized spacial score (nSPS) is 39.0. The lowest BCUT2D eigenvalue weighted by Crippen LogP contribution is -2.16. The van der Waals surface area contributed by atoms with Gasteiger partial charge in [0.15, 0.2) is 0 Å². The van der Waals surface area contributed by atoms with Crippen molar-refractivity contribution in [3.8, 4) is 0 Å².